The summed E-state index contributed by atoms with van der Waals surface area (Å²) in [6, 6.07) is -0.642. The lowest BCUT2D eigenvalue weighted by Crippen LogP contribution is -2.20. The van der Waals surface area contributed by atoms with E-state index in [0.29, 0.717) is 30.4 Å². The maximum absolute atomic E-state index is 13.8. The van der Waals surface area contributed by atoms with Crippen LogP contribution in [0.15, 0.2) is 0 Å². The van der Waals surface area contributed by atoms with Crippen LogP contribution in [-0.4, -0.2) is 21.3 Å². The summed E-state index contributed by atoms with van der Waals surface area (Å²) in [5.74, 6) is -15.4. The number of alkyl halides is 3. The lowest BCUT2D eigenvalue weighted by molar-refractivity contribution is -0.141. The van der Waals surface area contributed by atoms with Gasteiger partial charge in [0.05, 0.1) is 18.0 Å². The molecule has 0 saturated heterocycles. The van der Waals surface area contributed by atoms with Crippen molar-refractivity contribution in [1.82, 2.24) is 9.78 Å². The van der Waals surface area contributed by atoms with Crippen LogP contribution < -0.4 is 0 Å². The Balaban J connectivity index is 2.03. The van der Waals surface area contributed by atoms with Crippen LogP contribution in [0.4, 0.5) is 35.1 Å². The van der Waals surface area contributed by atoms with Gasteiger partial charge in [0.25, 0.3) is 0 Å². The molecule has 0 atom stereocenters. The highest BCUT2D eigenvalue weighted by Crippen LogP contribution is 2.40. The zero-order valence-electron chi connectivity index (χ0n) is 15.2. The Kier molecular flexibility index (Phi) is 6.14. The number of carbonyl (C=O) groups excluding carboxylic acids is 2. The predicted octanol–water partition coefficient (Wildman–Crippen LogP) is 5.82. The third-order valence-electron chi connectivity index (χ3n) is 4.87. The number of halogens is 9. The van der Waals surface area contributed by atoms with E-state index in [-0.39, 0.29) is 0 Å². The molecule has 0 aliphatic heterocycles. The van der Waals surface area contributed by atoms with Gasteiger partial charge in [-0.2, -0.15) is 18.3 Å². The summed E-state index contributed by atoms with van der Waals surface area (Å²) in [5, 5.41) is 2.23. The SMILES string of the molecule is O=C(CC(=O)c1c(Cl)c(C(F)(F)F)nn1C1CCCC1)c1c(F)c(F)c(F)c(F)c1F. The van der Waals surface area contributed by atoms with Gasteiger partial charge in [-0.3, -0.25) is 14.3 Å². The molecule has 0 amide bonds. The summed E-state index contributed by atoms with van der Waals surface area (Å²) in [4.78, 5) is 24.8. The molecule has 168 valence electrons. The Hall–Kier alpha value is -2.50. The van der Waals surface area contributed by atoms with Gasteiger partial charge in [0.1, 0.15) is 10.7 Å². The highest BCUT2D eigenvalue weighted by atomic mass is 35.5. The molecule has 31 heavy (non-hydrogen) atoms. The fraction of sp³-hybridized carbons (Fsp3) is 0.389. The van der Waals surface area contributed by atoms with Crippen molar-refractivity contribution < 1.29 is 44.7 Å². The molecule has 0 bridgehead atoms. The van der Waals surface area contributed by atoms with E-state index in [0.717, 1.165) is 0 Å². The minimum Gasteiger partial charge on any atom is -0.293 e. The lowest BCUT2D eigenvalue weighted by Gasteiger charge is -2.14. The Morgan fingerprint density at radius 3 is 1.87 bits per heavy atom. The molecule has 4 nitrogen and oxygen atoms in total. The molecule has 0 radical (unpaired) electrons. The molecule has 0 unspecified atom stereocenters. The van der Waals surface area contributed by atoms with E-state index in [9.17, 15) is 44.7 Å². The smallest absolute Gasteiger partial charge is 0.293 e. The van der Waals surface area contributed by atoms with Gasteiger partial charge in [0, 0.05) is 0 Å². The Morgan fingerprint density at radius 2 is 1.39 bits per heavy atom. The zero-order valence-corrected chi connectivity index (χ0v) is 16.0. The average Bonchev–Trinajstić information content (AvgIpc) is 3.32. The minimum atomic E-state index is -5.04. The van der Waals surface area contributed by atoms with E-state index in [4.69, 9.17) is 11.6 Å². The maximum Gasteiger partial charge on any atom is 0.436 e. The van der Waals surface area contributed by atoms with Crippen molar-refractivity contribution >= 4 is 23.2 Å². The second kappa shape index (κ2) is 8.21. The van der Waals surface area contributed by atoms with Gasteiger partial charge in [-0.05, 0) is 12.8 Å². The van der Waals surface area contributed by atoms with E-state index in [1.165, 1.54) is 0 Å². The first-order valence-electron chi connectivity index (χ1n) is 8.79. The molecule has 1 fully saturated rings. The molecule has 1 aliphatic rings. The third kappa shape index (κ3) is 4.04. The third-order valence-corrected chi connectivity index (χ3v) is 5.22. The normalized spacial score (nSPS) is 15.0. The first-order valence-corrected chi connectivity index (χ1v) is 9.17. The molecular weight excluding hydrogens is 464 g/mol. The molecule has 0 spiro atoms. The van der Waals surface area contributed by atoms with Crippen LogP contribution in [-0.2, 0) is 6.18 Å². The Bertz CT molecular complexity index is 1040. The number of hydrogen-bond acceptors (Lipinski definition) is 3. The summed E-state index contributed by atoms with van der Waals surface area (Å²) in [6.07, 6.45) is -4.56. The van der Waals surface area contributed by atoms with Gasteiger partial charge in [0.15, 0.2) is 40.5 Å². The van der Waals surface area contributed by atoms with E-state index in [1.54, 1.807) is 0 Å². The van der Waals surface area contributed by atoms with Gasteiger partial charge >= 0.3 is 6.18 Å². The van der Waals surface area contributed by atoms with E-state index in [2.05, 4.69) is 5.10 Å². The van der Waals surface area contributed by atoms with Crippen molar-refractivity contribution in [3.8, 4) is 0 Å². The number of nitrogens with zero attached hydrogens (tertiary/aromatic N) is 2. The second-order valence-electron chi connectivity index (χ2n) is 6.86. The summed E-state index contributed by atoms with van der Waals surface area (Å²) < 4.78 is 108. The fourth-order valence-corrected chi connectivity index (χ4v) is 3.76. The molecule has 13 heteroatoms. The summed E-state index contributed by atoms with van der Waals surface area (Å²) in [5.41, 5.74) is -4.28. The van der Waals surface area contributed by atoms with Crippen molar-refractivity contribution in [3.63, 3.8) is 0 Å². The zero-order chi connectivity index (χ0) is 23.2. The number of benzene rings is 1. The quantitative estimate of drug-likeness (QED) is 0.180. The van der Waals surface area contributed by atoms with Crippen molar-refractivity contribution in [2.45, 2.75) is 44.3 Å². The Labute approximate surface area is 173 Å². The minimum absolute atomic E-state index is 0.362. The molecular formula is C18H11ClF8N2O2. The number of ketones is 2. The first kappa shape index (κ1) is 23.2. The first-order chi connectivity index (χ1) is 14.4. The summed E-state index contributed by atoms with van der Waals surface area (Å²) in [6.45, 7) is 0. The lowest BCUT2D eigenvalue weighted by atomic mass is 10.0. The highest BCUT2D eigenvalue weighted by molar-refractivity contribution is 6.35. The van der Waals surface area contributed by atoms with Crippen LogP contribution in [0.3, 0.4) is 0 Å². The molecule has 2 aromatic rings. The van der Waals surface area contributed by atoms with Crippen LogP contribution >= 0.6 is 11.6 Å². The number of carbonyl (C=O) groups is 2. The van der Waals surface area contributed by atoms with Crippen LogP contribution in [0.1, 0.15) is 64.7 Å². The highest BCUT2D eigenvalue weighted by Gasteiger charge is 2.42. The second-order valence-corrected chi connectivity index (χ2v) is 7.24. The van der Waals surface area contributed by atoms with Crippen LogP contribution in [0.25, 0.3) is 0 Å². The summed E-state index contributed by atoms with van der Waals surface area (Å²) in [7, 11) is 0. The number of hydrogen-bond donors (Lipinski definition) is 0. The van der Waals surface area contributed by atoms with Crippen LogP contribution in [0.2, 0.25) is 5.02 Å². The van der Waals surface area contributed by atoms with E-state index in [1.807, 2.05) is 0 Å². The predicted molar refractivity (Wildman–Crippen MR) is 89.3 cm³/mol. The van der Waals surface area contributed by atoms with Crippen molar-refractivity contribution in [2.75, 3.05) is 0 Å². The van der Waals surface area contributed by atoms with Gasteiger partial charge in [-0.1, -0.05) is 24.4 Å². The molecule has 1 saturated carbocycles. The van der Waals surface area contributed by atoms with Crippen LogP contribution in [0, 0.1) is 29.1 Å². The fourth-order valence-electron chi connectivity index (χ4n) is 3.43. The monoisotopic (exact) mass is 474 g/mol. The Morgan fingerprint density at radius 1 is 0.903 bits per heavy atom. The standard InChI is InChI=1S/C18H11ClF8N2O2/c19-10-16(29(6-3-1-2-4-6)28-17(10)18(25,26)27)8(31)5-7(30)9-11(20)13(22)15(24)14(23)12(9)21/h6H,1-5H2. The molecule has 1 aromatic carbocycles. The molecule has 1 aromatic heterocycles. The largest absolute Gasteiger partial charge is 0.436 e. The number of Topliss-reactive ketones (excluding diaryl/α,β-unsaturated/α-hetero) is 2. The number of rotatable bonds is 5. The van der Waals surface area contributed by atoms with Crippen LogP contribution in [0.5, 0.6) is 0 Å². The van der Waals surface area contributed by atoms with Gasteiger partial charge in [-0.15, -0.1) is 0 Å². The van der Waals surface area contributed by atoms with E-state index < -0.39 is 81.3 Å². The van der Waals surface area contributed by atoms with Crippen molar-refractivity contribution in [2.24, 2.45) is 0 Å². The van der Waals surface area contributed by atoms with Gasteiger partial charge in [0.2, 0.25) is 5.82 Å². The number of aromatic nitrogens is 2. The van der Waals surface area contributed by atoms with Crippen molar-refractivity contribution in [1.29, 1.82) is 0 Å². The maximum atomic E-state index is 13.8. The van der Waals surface area contributed by atoms with Crippen molar-refractivity contribution in [3.05, 3.63) is 51.1 Å². The molecule has 0 N–H and O–H groups in total. The molecule has 1 aliphatic carbocycles. The van der Waals surface area contributed by atoms with Gasteiger partial charge < -0.3 is 0 Å². The van der Waals surface area contributed by atoms with Gasteiger partial charge in [-0.25, -0.2) is 22.0 Å². The molecule has 3 rings (SSSR count). The van der Waals surface area contributed by atoms with E-state index >= 15 is 0 Å². The summed E-state index contributed by atoms with van der Waals surface area (Å²) >= 11 is 5.70. The average molecular weight is 475 g/mol. The molecule has 1 heterocycles. The topological polar surface area (TPSA) is 52.0 Å².